The van der Waals surface area contributed by atoms with Gasteiger partial charge in [-0.25, -0.2) is 0 Å². The third kappa shape index (κ3) is 5.53. The topological polar surface area (TPSA) is 16.4 Å². The number of para-hydroxylation sites is 2. The van der Waals surface area contributed by atoms with Crippen molar-refractivity contribution >= 4 is 49.8 Å². The normalized spacial score (nSPS) is 11.3. The Balaban J connectivity index is 1.19. The summed E-state index contributed by atoms with van der Waals surface area (Å²) in [6.45, 7) is 0. The summed E-state index contributed by atoms with van der Waals surface area (Å²) in [6, 6.07) is 75.8. The van der Waals surface area contributed by atoms with Gasteiger partial charge in [-0.05, 0) is 80.6 Å². The van der Waals surface area contributed by atoms with E-state index in [9.17, 15) is 0 Å². The summed E-state index contributed by atoms with van der Waals surface area (Å²) < 4.78 is 6.76. The fraction of sp³-hybridized carbons (Fsp3) is 0. The Labute approximate surface area is 314 Å². The summed E-state index contributed by atoms with van der Waals surface area (Å²) in [4.78, 5) is 2.41. The first-order chi connectivity index (χ1) is 26.8. The van der Waals surface area contributed by atoms with Crippen LogP contribution in [0.3, 0.4) is 0 Å². The smallest absolute Gasteiger partial charge is 0.145 e. The predicted molar refractivity (Wildman–Crippen MR) is 228 cm³/mol. The van der Waals surface area contributed by atoms with Gasteiger partial charge in [-0.1, -0.05) is 176 Å². The lowest BCUT2D eigenvalue weighted by atomic mass is 9.96. The second-order valence-corrected chi connectivity index (χ2v) is 13.7. The van der Waals surface area contributed by atoms with E-state index in [0.29, 0.717) is 0 Å². The molecule has 0 atom stereocenters. The van der Waals surface area contributed by atoms with E-state index in [-0.39, 0.29) is 0 Å². The van der Waals surface area contributed by atoms with Gasteiger partial charge >= 0.3 is 0 Å². The van der Waals surface area contributed by atoms with E-state index in [1.807, 2.05) is 6.07 Å². The maximum absolute atomic E-state index is 6.76. The summed E-state index contributed by atoms with van der Waals surface area (Å²) >= 11 is 0. The second kappa shape index (κ2) is 13.4. The molecule has 0 aliphatic carbocycles. The van der Waals surface area contributed by atoms with E-state index in [0.717, 1.165) is 61.3 Å². The number of anilines is 3. The van der Waals surface area contributed by atoms with Crippen LogP contribution in [0.1, 0.15) is 0 Å². The van der Waals surface area contributed by atoms with Crippen molar-refractivity contribution in [3.05, 3.63) is 212 Å². The zero-order valence-corrected chi connectivity index (χ0v) is 29.6. The first-order valence-electron chi connectivity index (χ1n) is 18.4. The van der Waals surface area contributed by atoms with Crippen molar-refractivity contribution in [2.24, 2.45) is 0 Å². The minimum absolute atomic E-state index is 0.869. The van der Waals surface area contributed by atoms with Gasteiger partial charge < -0.3 is 9.32 Å². The van der Waals surface area contributed by atoms with Gasteiger partial charge in [0.15, 0.2) is 0 Å². The maximum Gasteiger partial charge on any atom is 0.145 e. The highest BCUT2D eigenvalue weighted by molar-refractivity contribution is 6.17. The van der Waals surface area contributed by atoms with Gasteiger partial charge in [0, 0.05) is 22.2 Å². The van der Waals surface area contributed by atoms with Gasteiger partial charge in [-0.3, -0.25) is 0 Å². The summed E-state index contributed by atoms with van der Waals surface area (Å²) in [5.74, 6) is 0. The molecule has 10 aromatic rings. The molecule has 1 aromatic heterocycles. The summed E-state index contributed by atoms with van der Waals surface area (Å²) in [5.41, 5.74) is 14.2. The van der Waals surface area contributed by atoms with Crippen molar-refractivity contribution in [2.75, 3.05) is 4.90 Å². The van der Waals surface area contributed by atoms with E-state index in [4.69, 9.17) is 4.42 Å². The quantitative estimate of drug-likeness (QED) is 0.166. The highest BCUT2D eigenvalue weighted by Crippen LogP contribution is 2.48. The van der Waals surface area contributed by atoms with Crippen molar-refractivity contribution in [1.82, 2.24) is 0 Å². The van der Waals surface area contributed by atoms with Crippen molar-refractivity contribution < 1.29 is 4.42 Å². The molecule has 0 spiro atoms. The molecular formula is C52H35NO. The van der Waals surface area contributed by atoms with Crippen molar-refractivity contribution in [2.45, 2.75) is 0 Å². The van der Waals surface area contributed by atoms with Crippen LogP contribution >= 0.6 is 0 Å². The fourth-order valence-electron chi connectivity index (χ4n) is 7.90. The van der Waals surface area contributed by atoms with Gasteiger partial charge in [-0.15, -0.1) is 0 Å². The molecule has 2 heteroatoms. The van der Waals surface area contributed by atoms with Gasteiger partial charge in [-0.2, -0.15) is 0 Å². The van der Waals surface area contributed by atoms with Crippen LogP contribution in [0.4, 0.5) is 17.1 Å². The maximum atomic E-state index is 6.76. The highest BCUT2D eigenvalue weighted by Gasteiger charge is 2.24. The summed E-state index contributed by atoms with van der Waals surface area (Å²) in [7, 11) is 0. The highest BCUT2D eigenvalue weighted by atomic mass is 16.3. The molecule has 0 amide bonds. The molecule has 10 rings (SSSR count). The molecule has 1 heterocycles. The number of hydrogen-bond acceptors (Lipinski definition) is 2. The number of benzene rings is 9. The number of hydrogen-bond donors (Lipinski definition) is 0. The molecule has 0 fully saturated rings. The molecule has 0 bridgehead atoms. The Kier molecular flexibility index (Phi) is 7.85. The average Bonchev–Trinajstić information content (AvgIpc) is 3.65. The third-order valence-electron chi connectivity index (χ3n) is 10.5. The summed E-state index contributed by atoms with van der Waals surface area (Å²) in [6.07, 6.45) is 0. The van der Waals surface area contributed by atoms with Crippen LogP contribution in [0.15, 0.2) is 217 Å². The molecule has 0 N–H and O–H groups in total. The van der Waals surface area contributed by atoms with Crippen LogP contribution < -0.4 is 4.90 Å². The van der Waals surface area contributed by atoms with Crippen LogP contribution in [-0.4, -0.2) is 0 Å². The van der Waals surface area contributed by atoms with Crippen LogP contribution in [0, 0.1) is 0 Å². The molecule has 0 saturated heterocycles. The first-order valence-corrected chi connectivity index (χ1v) is 18.4. The Morgan fingerprint density at radius 1 is 0.315 bits per heavy atom. The van der Waals surface area contributed by atoms with Crippen LogP contribution in [0.25, 0.3) is 77.2 Å². The average molecular weight is 690 g/mol. The van der Waals surface area contributed by atoms with Crippen LogP contribution in [-0.2, 0) is 0 Å². The number of fused-ring (bicyclic) bond motifs is 4. The largest absolute Gasteiger partial charge is 0.455 e. The Bertz CT molecular complexity index is 2900. The fourth-order valence-corrected chi connectivity index (χ4v) is 7.90. The molecule has 0 aliphatic rings. The third-order valence-corrected chi connectivity index (χ3v) is 10.5. The Morgan fingerprint density at radius 2 is 0.852 bits per heavy atom. The number of rotatable bonds is 7. The predicted octanol–water partition coefficient (Wildman–Crippen LogP) is 14.9. The Hall–Kier alpha value is -7.16. The SMILES string of the molecule is c1ccc(-c2ccc(-c3ccccc3N(c3ccc(-c4cccc5ccccc45)cc3)c3ccc(-c4ccccc4)c4oc5ccccc5c34)cc2)cc1. The van der Waals surface area contributed by atoms with Gasteiger partial charge in [0.25, 0.3) is 0 Å². The van der Waals surface area contributed by atoms with Crippen molar-refractivity contribution in [3.8, 4) is 44.5 Å². The molecule has 0 unspecified atom stereocenters. The standard InChI is InChI=1S/C52H35NO/c1-3-14-36(15-4-1)37-26-28-41(29-27-37)45-21-9-11-24-48(45)53(42-32-30-40(31-33-42)44-23-13-19-38-18-7-8-20-43(38)44)49-35-34-46(39-16-5-2-6-17-39)52-51(49)47-22-10-12-25-50(47)54-52/h1-35H. The minimum Gasteiger partial charge on any atom is -0.455 e. The molecule has 254 valence electrons. The molecule has 2 nitrogen and oxygen atoms in total. The first kappa shape index (κ1) is 31.6. The van der Waals surface area contributed by atoms with Gasteiger partial charge in [0.1, 0.15) is 11.2 Å². The monoisotopic (exact) mass is 689 g/mol. The Morgan fingerprint density at radius 3 is 1.65 bits per heavy atom. The lowest BCUT2D eigenvalue weighted by Gasteiger charge is -2.29. The van der Waals surface area contributed by atoms with Crippen LogP contribution in [0.5, 0.6) is 0 Å². The van der Waals surface area contributed by atoms with Crippen molar-refractivity contribution in [1.29, 1.82) is 0 Å². The zero-order valence-electron chi connectivity index (χ0n) is 29.6. The zero-order chi connectivity index (χ0) is 35.8. The number of nitrogens with zero attached hydrogens (tertiary/aromatic N) is 1. The van der Waals surface area contributed by atoms with Crippen molar-refractivity contribution in [3.63, 3.8) is 0 Å². The molecule has 0 saturated carbocycles. The van der Waals surface area contributed by atoms with Gasteiger partial charge in [0.05, 0.1) is 16.8 Å². The van der Waals surface area contributed by atoms with Crippen LogP contribution in [0.2, 0.25) is 0 Å². The summed E-state index contributed by atoms with van der Waals surface area (Å²) in [5, 5.41) is 4.65. The van der Waals surface area contributed by atoms with E-state index in [1.165, 1.54) is 33.0 Å². The molecule has 0 aliphatic heterocycles. The lowest BCUT2D eigenvalue weighted by molar-refractivity contribution is 0.670. The molecular weight excluding hydrogens is 655 g/mol. The minimum atomic E-state index is 0.869. The van der Waals surface area contributed by atoms with Gasteiger partial charge in [0.2, 0.25) is 0 Å². The molecule has 0 radical (unpaired) electrons. The molecule has 9 aromatic carbocycles. The van der Waals surface area contributed by atoms with E-state index >= 15 is 0 Å². The number of furan rings is 1. The van der Waals surface area contributed by atoms with E-state index in [2.05, 4.69) is 211 Å². The lowest BCUT2D eigenvalue weighted by Crippen LogP contribution is -2.11. The van der Waals surface area contributed by atoms with E-state index in [1.54, 1.807) is 0 Å². The molecule has 54 heavy (non-hydrogen) atoms. The second-order valence-electron chi connectivity index (χ2n) is 13.7. The van der Waals surface area contributed by atoms with E-state index < -0.39 is 0 Å².